The molecule has 4 rings (SSSR count). The van der Waals surface area contributed by atoms with Crippen LogP contribution in [0.1, 0.15) is 25.3 Å². The molecule has 4 aromatic carbocycles. The van der Waals surface area contributed by atoms with Crippen molar-refractivity contribution in [2.45, 2.75) is 19.8 Å². The molecule has 0 aliphatic rings. The van der Waals surface area contributed by atoms with Crippen molar-refractivity contribution in [3.8, 4) is 33.4 Å². The lowest BCUT2D eigenvalue weighted by Crippen LogP contribution is -1.89. The Hall–Kier alpha value is -3.12. The highest BCUT2D eigenvalue weighted by Gasteiger charge is 2.10. The van der Waals surface area contributed by atoms with Crippen molar-refractivity contribution in [1.82, 2.24) is 0 Å². The Balaban J connectivity index is 1.84. The van der Waals surface area contributed by atoms with Crippen molar-refractivity contribution in [3.05, 3.63) is 109 Å². The van der Waals surface area contributed by atoms with E-state index in [2.05, 4.69) is 117 Å². The van der Waals surface area contributed by atoms with Crippen molar-refractivity contribution in [1.29, 1.82) is 0 Å². The zero-order chi connectivity index (χ0) is 18.6. The molecule has 132 valence electrons. The van der Waals surface area contributed by atoms with Gasteiger partial charge in [-0.1, -0.05) is 111 Å². The quantitative estimate of drug-likeness (QED) is 0.353. The van der Waals surface area contributed by atoms with Crippen LogP contribution in [0.15, 0.2) is 103 Å². The SMILES string of the molecule is CC(C)c1ccc(-c2ccc(-c3ccccc3)c(-c3ccccc3)c2)cc1. The first kappa shape index (κ1) is 17.3. The molecule has 0 radical (unpaired) electrons. The summed E-state index contributed by atoms with van der Waals surface area (Å²) in [6, 6.07) is 37.1. The van der Waals surface area contributed by atoms with E-state index in [0.29, 0.717) is 5.92 Å². The fraction of sp³-hybridized carbons (Fsp3) is 0.111. The molecule has 0 heterocycles. The van der Waals surface area contributed by atoms with Crippen LogP contribution in [0.25, 0.3) is 33.4 Å². The van der Waals surface area contributed by atoms with E-state index in [4.69, 9.17) is 0 Å². The molecule has 0 aliphatic carbocycles. The fourth-order valence-electron chi connectivity index (χ4n) is 3.51. The Bertz CT molecular complexity index is 1010. The van der Waals surface area contributed by atoms with E-state index >= 15 is 0 Å². The lowest BCUT2D eigenvalue weighted by atomic mass is 9.90. The predicted octanol–water partition coefficient (Wildman–Crippen LogP) is 7.81. The molecule has 0 spiro atoms. The molecular formula is C27H24. The highest BCUT2D eigenvalue weighted by atomic mass is 14.1. The minimum absolute atomic E-state index is 0.555. The van der Waals surface area contributed by atoms with Crippen molar-refractivity contribution < 1.29 is 0 Å². The van der Waals surface area contributed by atoms with Gasteiger partial charge in [0.2, 0.25) is 0 Å². The van der Waals surface area contributed by atoms with Crippen molar-refractivity contribution in [2.75, 3.05) is 0 Å². The summed E-state index contributed by atoms with van der Waals surface area (Å²) in [4.78, 5) is 0. The minimum atomic E-state index is 0.555. The maximum atomic E-state index is 2.32. The lowest BCUT2D eigenvalue weighted by molar-refractivity contribution is 0.867. The summed E-state index contributed by atoms with van der Waals surface area (Å²) >= 11 is 0. The highest BCUT2D eigenvalue weighted by molar-refractivity contribution is 5.87. The summed E-state index contributed by atoms with van der Waals surface area (Å²) < 4.78 is 0. The van der Waals surface area contributed by atoms with Crippen LogP contribution >= 0.6 is 0 Å². The van der Waals surface area contributed by atoms with Gasteiger partial charge in [-0.15, -0.1) is 0 Å². The average molecular weight is 348 g/mol. The van der Waals surface area contributed by atoms with Crippen molar-refractivity contribution in [3.63, 3.8) is 0 Å². The summed E-state index contributed by atoms with van der Waals surface area (Å²) in [5.74, 6) is 0.555. The molecule has 0 bridgehead atoms. The van der Waals surface area contributed by atoms with Gasteiger partial charge in [-0.05, 0) is 50.9 Å². The summed E-state index contributed by atoms with van der Waals surface area (Å²) in [5, 5.41) is 0. The largest absolute Gasteiger partial charge is 0.0622 e. The Labute approximate surface area is 162 Å². The van der Waals surface area contributed by atoms with Crippen LogP contribution < -0.4 is 0 Å². The van der Waals surface area contributed by atoms with Gasteiger partial charge in [0, 0.05) is 0 Å². The first-order chi connectivity index (χ1) is 13.2. The summed E-state index contributed by atoms with van der Waals surface area (Å²) in [6.45, 7) is 4.47. The third-order valence-electron chi connectivity index (χ3n) is 5.10. The maximum absolute atomic E-state index is 2.32. The van der Waals surface area contributed by atoms with Gasteiger partial charge in [0.05, 0.1) is 0 Å². The van der Waals surface area contributed by atoms with E-state index < -0.39 is 0 Å². The predicted molar refractivity (Wildman–Crippen MR) is 117 cm³/mol. The second kappa shape index (κ2) is 7.63. The second-order valence-corrected chi connectivity index (χ2v) is 7.27. The molecule has 0 heteroatoms. The smallest absolute Gasteiger partial charge is 0.00992 e. The topological polar surface area (TPSA) is 0 Å². The van der Waals surface area contributed by atoms with Gasteiger partial charge in [0.25, 0.3) is 0 Å². The zero-order valence-corrected chi connectivity index (χ0v) is 15.9. The molecule has 0 unspecified atom stereocenters. The van der Waals surface area contributed by atoms with Gasteiger partial charge in [-0.3, -0.25) is 0 Å². The fourth-order valence-corrected chi connectivity index (χ4v) is 3.51. The monoisotopic (exact) mass is 348 g/mol. The molecule has 4 aromatic rings. The van der Waals surface area contributed by atoms with Crippen molar-refractivity contribution >= 4 is 0 Å². The molecule has 0 saturated carbocycles. The van der Waals surface area contributed by atoms with Gasteiger partial charge in [0.1, 0.15) is 0 Å². The Kier molecular flexibility index (Phi) is 4.89. The molecular weight excluding hydrogens is 324 g/mol. The Morgan fingerprint density at radius 2 is 0.963 bits per heavy atom. The molecule has 0 amide bonds. The van der Waals surface area contributed by atoms with Crippen LogP contribution in [-0.2, 0) is 0 Å². The van der Waals surface area contributed by atoms with Gasteiger partial charge in [-0.2, -0.15) is 0 Å². The van der Waals surface area contributed by atoms with Crippen LogP contribution in [-0.4, -0.2) is 0 Å². The molecule has 27 heavy (non-hydrogen) atoms. The summed E-state index contributed by atoms with van der Waals surface area (Å²) in [7, 11) is 0. The van der Waals surface area contributed by atoms with Gasteiger partial charge < -0.3 is 0 Å². The molecule has 0 saturated heterocycles. The third kappa shape index (κ3) is 3.71. The number of benzene rings is 4. The van der Waals surface area contributed by atoms with Gasteiger partial charge in [-0.25, -0.2) is 0 Å². The minimum Gasteiger partial charge on any atom is -0.0622 e. The number of hydrogen-bond acceptors (Lipinski definition) is 0. The zero-order valence-electron chi connectivity index (χ0n) is 15.9. The molecule has 0 atom stereocenters. The van der Waals surface area contributed by atoms with Gasteiger partial charge in [0.15, 0.2) is 0 Å². The molecule has 0 N–H and O–H groups in total. The summed E-state index contributed by atoms with van der Waals surface area (Å²) in [5.41, 5.74) is 8.93. The Morgan fingerprint density at radius 3 is 1.52 bits per heavy atom. The van der Waals surface area contributed by atoms with Crippen LogP contribution in [0.5, 0.6) is 0 Å². The first-order valence-corrected chi connectivity index (χ1v) is 9.57. The Morgan fingerprint density at radius 1 is 0.444 bits per heavy atom. The second-order valence-electron chi connectivity index (χ2n) is 7.27. The van der Waals surface area contributed by atoms with E-state index in [0.717, 1.165) is 0 Å². The molecule has 0 nitrogen and oxygen atoms in total. The van der Waals surface area contributed by atoms with E-state index in [-0.39, 0.29) is 0 Å². The van der Waals surface area contributed by atoms with Crippen LogP contribution in [0.4, 0.5) is 0 Å². The normalized spacial score (nSPS) is 10.9. The molecule has 0 aromatic heterocycles. The van der Waals surface area contributed by atoms with E-state index in [9.17, 15) is 0 Å². The molecule has 0 aliphatic heterocycles. The van der Waals surface area contributed by atoms with Gasteiger partial charge >= 0.3 is 0 Å². The lowest BCUT2D eigenvalue weighted by Gasteiger charge is -2.14. The highest BCUT2D eigenvalue weighted by Crippen LogP contribution is 2.35. The standard InChI is InChI=1S/C27H24/c1-20(2)21-13-15-22(16-14-21)25-17-18-26(23-9-5-3-6-10-23)27(19-25)24-11-7-4-8-12-24/h3-20H,1-2H3. The van der Waals surface area contributed by atoms with Crippen LogP contribution in [0, 0.1) is 0 Å². The van der Waals surface area contributed by atoms with Crippen LogP contribution in [0.2, 0.25) is 0 Å². The van der Waals surface area contributed by atoms with E-state index in [1.807, 2.05) is 0 Å². The molecule has 0 fully saturated rings. The maximum Gasteiger partial charge on any atom is -0.00992 e. The van der Waals surface area contributed by atoms with E-state index in [1.165, 1.54) is 38.9 Å². The average Bonchev–Trinajstić information content (AvgIpc) is 2.74. The number of rotatable bonds is 4. The van der Waals surface area contributed by atoms with Crippen LogP contribution in [0.3, 0.4) is 0 Å². The van der Waals surface area contributed by atoms with E-state index in [1.54, 1.807) is 0 Å². The third-order valence-corrected chi connectivity index (χ3v) is 5.10. The summed E-state index contributed by atoms with van der Waals surface area (Å²) in [6.07, 6.45) is 0. The van der Waals surface area contributed by atoms with Crippen molar-refractivity contribution in [2.24, 2.45) is 0 Å². The first-order valence-electron chi connectivity index (χ1n) is 9.57. The number of hydrogen-bond donors (Lipinski definition) is 0.